The number of aromatic nitrogens is 1. The van der Waals surface area contributed by atoms with E-state index in [0.29, 0.717) is 12.5 Å². The molecule has 0 saturated heterocycles. The van der Waals surface area contributed by atoms with Gasteiger partial charge in [-0.15, -0.1) is 11.3 Å². The summed E-state index contributed by atoms with van der Waals surface area (Å²) in [4.78, 5) is 7.80. The van der Waals surface area contributed by atoms with Gasteiger partial charge in [-0.2, -0.15) is 0 Å². The van der Waals surface area contributed by atoms with Crippen molar-refractivity contribution in [3.8, 4) is 0 Å². The minimum atomic E-state index is 0.390. The Hall–Kier alpha value is -0.450. The van der Waals surface area contributed by atoms with Crippen LogP contribution in [0.25, 0.3) is 0 Å². The number of nitrogens with two attached hydrogens (primary N) is 1. The van der Waals surface area contributed by atoms with Crippen LogP contribution in [-0.2, 0) is 6.54 Å². The van der Waals surface area contributed by atoms with Crippen LogP contribution in [0.3, 0.4) is 0 Å². The maximum atomic E-state index is 5.57. The van der Waals surface area contributed by atoms with Gasteiger partial charge < -0.3 is 10.6 Å². The van der Waals surface area contributed by atoms with Crippen LogP contribution in [0.4, 0.5) is 0 Å². The summed E-state index contributed by atoms with van der Waals surface area (Å²) in [6.07, 6.45) is 1.95. The second-order valence-electron chi connectivity index (χ2n) is 3.54. The molecule has 1 rings (SSSR count). The Morgan fingerprint density at radius 1 is 1.62 bits per heavy atom. The molecule has 1 atom stereocenters. The molecule has 0 aliphatic carbocycles. The number of thiazole rings is 1. The van der Waals surface area contributed by atoms with Gasteiger partial charge in [0.25, 0.3) is 0 Å². The Morgan fingerprint density at radius 2 is 2.31 bits per heavy atom. The van der Waals surface area contributed by atoms with E-state index in [1.807, 2.05) is 6.20 Å². The smallest absolute Gasteiger partial charge is 0.0968 e. The molecule has 3 nitrogen and oxygen atoms in total. The summed E-state index contributed by atoms with van der Waals surface area (Å²) in [7, 11) is 4.12. The molecule has 0 saturated carbocycles. The number of nitrogens with zero attached hydrogens (tertiary/aromatic N) is 2. The van der Waals surface area contributed by atoms with Crippen LogP contribution in [0.1, 0.15) is 22.7 Å². The lowest BCUT2D eigenvalue weighted by molar-refractivity contribution is 0.406. The lowest BCUT2D eigenvalue weighted by atomic mass is 10.2. The minimum Gasteiger partial charge on any atom is -0.330 e. The first kappa shape index (κ1) is 10.6. The Balaban J connectivity index is 2.63. The van der Waals surface area contributed by atoms with E-state index in [2.05, 4.69) is 30.9 Å². The Kier molecular flexibility index (Phi) is 3.84. The molecule has 13 heavy (non-hydrogen) atoms. The average molecular weight is 199 g/mol. The zero-order valence-electron chi connectivity index (χ0n) is 8.45. The molecule has 0 bridgehead atoms. The van der Waals surface area contributed by atoms with Gasteiger partial charge in [0.15, 0.2) is 0 Å². The summed E-state index contributed by atoms with van der Waals surface area (Å²) in [6, 6.07) is 0. The van der Waals surface area contributed by atoms with Crippen molar-refractivity contribution < 1.29 is 0 Å². The van der Waals surface area contributed by atoms with Crippen molar-refractivity contribution in [1.82, 2.24) is 9.88 Å². The maximum Gasteiger partial charge on any atom is 0.0968 e. The summed E-state index contributed by atoms with van der Waals surface area (Å²) < 4.78 is 0. The van der Waals surface area contributed by atoms with E-state index < -0.39 is 0 Å². The second kappa shape index (κ2) is 4.69. The molecule has 1 aromatic rings. The number of hydrogen-bond acceptors (Lipinski definition) is 4. The van der Waals surface area contributed by atoms with E-state index in [1.54, 1.807) is 11.3 Å². The molecule has 0 aliphatic heterocycles. The van der Waals surface area contributed by atoms with Crippen LogP contribution in [0.15, 0.2) is 6.20 Å². The Labute approximate surface area is 83.6 Å². The quantitative estimate of drug-likeness (QED) is 0.794. The highest BCUT2D eigenvalue weighted by atomic mass is 32.1. The standard InChI is InChI=1S/C9H17N3S/c1-7(4-10)9-11-5-8(13-9)6-12(2)3/h5,7H,4,6,10H2,1-3H3. The SMILES string of the molecule is CC(CN)c1ncc(CN(C)C)s1. The zero-order chi connectivity index (χ0) is 9.84. The van der Waals surface area contributed by atoms with Crippen LogP contribution in [0.2, 0.25) is 0 Å². The van der Waals surface area contributed by atoms with Crippen molar-refractivity contribution in [2.24, 2.45) is 5.73 Å². The van der Waals surface area contributed by atoms with Crippen molar-refractivity contribution in [1.29, 1.82) is 0 Å². The van der Waals surface area contributed by atoms with Crippen LogP contribution < -0.4 is 5.73 Å². The van der Waals surface area contributed by atoms with Gasteiger partial charge in [-0.25, -0.2) is 4.98 Å². The zero-order valence-corrected chi connectivity index (χ0v) is 9.27. The maximum absolute atomic E-state index is 5.57. The summed E-state index contributed by atoms with van der Waals surface area (Å²) in [5.41, 5.74) is 5.57. The first-order valence-corrected chi connectivity index (χ1v) is 5.24. The average Bonchev–Trinajstić information content (AvgIpc) is 2.50. The second-order valence-corrected chi connectivity index (χ2v) is 4.69. The molecule has 1 unspecified atom stereocenters. The molecular formula is C9H17N3S. The Bertz CT molecular complexity index is 257. The van der Waals surface area contributed by atoms with Gasteiger partial charge >= 0.3 is 0 Å². The van der Waals surface area contributed by atoms with Crippen LogP contribution in [-0.4, -0.2) is 30.5 Å². The lowest BCUT2D eigenvalue weighted by Gasteiger charge is -2.06. The fraction of sp³-hybridized carbons (Fsp3) is 0.667. The third-order valence-electron chi connectivity index (χ3n) is 1.82. The summed E-state index contributed by atoms with van der Waals surface area (Å²) in [6.45, 7) is 3.75. The van der Waals surface area contributed by atoms with Gasteiger partial charge in [-0.3, -0.25) is 0 Å². The number of hydrogen-bond donors (Lipinski definition) is 1. The van der Waals surface area contributed by atoms with Crippen molar-refractivity contribution in [3.63, 3.8) is 0 Å². The van der Waals surface area contributed by atoms with E-state index in [9.17, 15) is 0 Å². The normalized spacial score (nSPS) is 13.6. The van der Waals surface area contributed by atoms with E-state index in [0.717, 1.165) is 11.6 Å². The van der Waals surface area contributed by atoms with Gasteiger partial charge in [0.05, 0.1) is 5.01 Å². The summed E-state index contributed by atoms with van der Waals surface area (Å²) in [5.74, 6) is 0.390. The first-order chi connectivity index (χ1) is 6.13. The number of rotatable bonds is 4. The molecular weight excluding hydrogens is 182 g/mol. The Morgan fingerprint density at radius 3 is 2.85 bits per heavy atom. The molecule has 0 spiro atoms. The van der Waals surface area contributed by atoms with Gasteiger partial charge in [0.1, 0.15) is 0 Å². The highest BCUT2D eigenvalue weighted by Crippen LogP contribution is 2.21. The highest BCUT2D eigenvalue weighted by molar-refractivity contribution is 7.11. The predicted molar refractivity (Wildman–Crippen MR) is 57.0 cm³/mol. The molecule has 0 amide bonds. The molecule has 0 aliphatic rings. The third kappa shape index (κ3) is 3.06. The monoisotopic (exact) mass is 199 g/mol. The van der Waals surface area contributed by atoms with Crippen molar-refractivity contribution in [3.05, 3.63) is 16.1 Å². The van der Waals surface area contributed by atoms with E-state index in [1.165, 1.54) is 4.88 Å². The van der Waals surface area contributed by atoms with Gasteiger partial charge in [0, 0.05) is 30.1 Å². The third-order valence-corrected chi connectivity index (χ3v) is 3.03. The molecule has 1 heterocycles. The summed E-state index contributed by atoms with van der Waals surface area (Å²) >= 11 is 1.76. The minimum absolute atomic E-state index is 0.390. The van der Waals surface area contributed by atoms with E-state index in [-0.39, 0.29) is 0 Å². The van der Waals surface area contributed by atoms with E-state index >= 15 is 0 Å². The fourth-order valence-corrected chi connectivity index (χ4v) is 2.14. The molecule has 1 aromatic heterocycles. The molecule has 4 heteroatoms. The predicted octanol–water partition coefficient (Wildman–Crippen LogP) is 1.27. The molecule has 0 fully saturated rings. The molecule has 0 aromatic carbocycles. The molecule has 0 radical (unpaired) electrons. The van der Waals surface area contributed by atoms with Crippen molar-refractivity contribution in [2.45, 2.75) is 19.4 Å². The largest absolute Gasteiger partial charge is 0.330 e. The van der Waals surface area contributed by atoms with Crippen LogP contribution >= 0.6 is 11.3 Å². The van der Waals surface area contributed by atoms with Crippen LogP contribution in [0, 0.1) is 0 Å². The van der Waals surface area contributed by atoms with Gasteiger partial charge in [0.2, 0.25) is 0 Å². The van der Waals surface area contributed by atoms with E-state index in [4.69, 9.17) is 5.73 Å². The first-order valence-electron chi connectivity index (χ1n) is 4.43. The fourth-order valence-electron chi connectivity index (χ4n) is 1.04. The van der Waals surface area contributed by atoms with Crippen molar-refractivity contribution in [2.75, 3.05) is 20.6 Å². The topological polar surface area (TPSA) is 42.1 Å². The van der Waals surface area contributed by atoms with Crippen molar-refractivity contribution >= 4 is 11.3 Å². The van der Waals surface area contributed by atoms with Crippen LogP contribution in [0.5, 0.6) is 0 Å². The lowest BCUT2D eigenvalue weighted by Crippen LogP contribution is -2.09. The molecule has 74 valence electrons. The summed E-state index contributed by atoms with van der Waals surface area (Å²) in [5, 5.41) is 1.15. The molecule has 2 N–H and O–H groups in total. The highest BCUT2D eigenvalue weighted by Gasteiger charge is 2.08. The van der Waals surface area contributed by atoms with Gasteiger partial charge in [-0.1, -0.05) is 6.92 Å². The van der Waals surface area contributed by atoms with Gasteiger partial charge in [-0.05, 0) is 14.1 Å².